The highest BCUT2D eigenvalue weighted by Crippen LogP contribution is 2.64. The van der Waals surface area contributed by atoms with E-state index in [9.17, 15) is 9.90 Å². The van der Waals surface area contributed by atoms with Crippen molar-refractivity contribution in [3.8, 4) is 0 Å². The fraction of sp³-hybridized carbons (Fsp3) is 0.680. The molecule has 156 valence electrons. The minimum atomic E-state index is -0.205. The normalized spacial score (nSPS) is 43.0. The maximum absolute atomic E-state index is 13.5. The molecule has 3 fully saturated rings. The van der Waals surface area contributed by atoms with Gasteiger partial charge in [-0.25, -0.2) is 0 Å². The third kappa shape index (κ3) is 2.82. The first-order valence-electron chi connectivity index (χ1n) is 11.5. The number of Topliss-reactive ketones (excluding diaryl/α,β-unsaturated/α-hetero) is 1. The smallest absolute Gasteiger partial charge is 0.165 e. The average Bonchev–Trinajstić information content (AvgIpc) is 3.26. The molecule has 0 radical (unpaired) electrons. The molecule has 29 heavy (non-hydrogen) atoms. The molecule has 4 aliphatic carbocycles. The third-order valence-corrected chi connectivity index (χ3v) is 9.04. The van der Waals surface area contributed by atoms with Gasteiger partial charge in [0.25, 0.3) is 0 Å². The summed E-state index contributed by atoms with van der Waals surface area (Å²) in [6, 6.07) is 0. The monoisotopic (exact) mass is 394 g/mol. The molecule has 6 atom stereocenters. The molecule has 0 aromatic carbocycles. The van der Waals surface area contributed by atoms with Gasteiger partial charge in [-0.2, -0.15) is 5.10 Å². The molecule has 1 heterocycles. The van der Waals surface area contributed by atoms with Crippen molar-refractivity contribution in [1.82, 2.24) is 9.78 Å². The fourth-order valence-corrected chi connectivity index (χ4v) is 7.27. The number of carbonyl (C=O) groups is 1. The van der Waals surface area contributed by atoms with Crippen molar-refractivity contribution in [2.75, 3.05) is 0 Å². The zero-order valence-corrected chi connectivity index (χ0v) is 18.0. The maximum Gasteiger partial charge on any atom is 0.165 e. The van der Waals surface area contributed by atoms with Crippen LogP contribution >= 0.6 is 0 Å². The van der Waals surface area contributed by atoms with Crippen LogP contribution in [0.25, 0.3) is 6.08 Å². The second kappa shape index (κ2) is 6.66. The second-order valence-corrected chi connectivity index (χ2v) is 10.4. The molecule has 0 amide bonds. The van der Waals surface area contributed by atoms with Crippen molar-refractivity contribution in [1.29, 1.82) is 0 Å². The predicted octanol–water partition coefficient (Wildman–Crippen LogP) is 4.79. The summed E-state index contributed by atoms with van der Waals surface area (Å²) in [5.41, 5.74) is 3.57. The number of allylic oxidation sites excluding steroid dienone is 2. The highest BCUT2D eigenvalue weighted by molar-refractivity contribution is 6.05. The number of aryl methyl sites for hydroxylation is 1. The maximum atomic E-state index is 13.5. The van der Waals surface area contributed by atoms with Gasteiger partial charge in [0.15, 0.2) is 5.78 Å². The van der Waals surface area contributed by atoms with Crippen molar-refractivity contribution in [3.63, 3.8) is 0 Å². The summed E-state index contributed by atoms with van der Waals surface area (Å²) in [7, 11) is 0. The molecule has 5 rings (SSSR count). The molecule has 4 heteroatoms. The van der Waals surface area contributed by atoms with E-state index in [1.807, 2.05) is 17.1 Å². The van der Waals surface area contributed by atoms with Gasteiger partial charge >= 0.3 is 0 Å². The van der Waals surface area contributed by atoms with E-state index in [1.54, 1.807) is 0 Å². The Morgan fingerprint density at radius 2 is 2.00 bits per heavy atom. The topological polar surface area (TPSA) is 55.1 Å². The lowest BCUT2D eigenvalue weighted by Crippen LogP contribution is -2.50. The first-order chi connectivity index (χ1) is 13.8. The van der Waals surface area contributed by atoms with Crippen LogP contribution in [0.5, 0.6) is 0 Å². The fourth-order valence-electron chi connectivity index (χ4n) is 7.27. The summed E-state index contributed by atoms with van der Waals surface area (Å²) in [6.45, 7) is 7.61. The van der Waals surface area contributed by atoms with Crippen molar-refractivity contribution in [2.24, 2.45) is 28.6 Å². The van der Waals surface area contributed by atoms with Crippen LogP contribution in [0.3, 0.4) is 0 Å². The minimum Gasteiger partial charge on any atom is -0.393 e. The standard InChI is InChI=1S/C25H34N2O2/c1-4-27-15-16(14-26-27)11-17-12-22-20-6-5-18-13-19(28)7-9-24(18,2)21(20)8-10-25(22,3)23(17)29/h5,11,14-15,19-22,28H,4,6-10,12-13H2,1-3H3/b17-11-/t19-,20+,21-,22-,24+,25-/m1/s1. The van der Waals surface area contributed by atoms with E-state index in [1.165, 1.54) is 5.57 Å². The summed E-state index contributed by atoms with van der Waals surface area (Å²) < 4.78 is 1.92. The molecule has 0 saturated heterocycles. The van der Waals surface area contributed by atoms with Crippen LogP contribution in [0, 0.1) is 28.6 Å². The van der Waals surface area contributed by atoms with Crippen molar-refractivity contribution < 1.29 is 9.90 Å². The van der Waals surface area contributed by atoms with Crippen LogP contribution in [0.1, 0.15) is 71.3 Å². The molecule has 0 aliphatic heterocycles. The lowest BCUT2D eigenvalue weighted by molar-refractivity contribution is -0.130. The van der Waals surface area contributed by atoms with Gasteiger partial charge in [-0.15, -0.1) is 0 Å². The van der Waals surface area contributed by atoms with Gasteiger partial charge < -0.3 is 5.11 Å². The van der Waals surface area contributed by atoms with Crippen molar-refractivity contribution in [3.05, 3.63) is 35.2 Å². The Balaban J connectivity index is 1.46. The predicted molar refractivity (Wildman–Crippen MR) is 114 cm³/mol. The number of aliphatic hydroxyl groups is 1. The van der Waals surface area contributed by atoms with Gasteiger partial charge in [-0.05, 0) is 86.7 Å². The Labute approximate surface area is 174 Å². The Hall–Kier alpha value is -1.68. The lowest BCUT2D eigenvalue weighted by Gasteiger charge is -2.56. The van der Waals surface area contributed by atoms with E-state index in [0.29, 0.717) is 23.5 Å². The molecule has 3 saturated carbocycles. The number of fused-ring (bicyclic) bond motifs is 5. The Kier molecular flexibility index (Phi) is 4.43. The van der Waals surface area contributed by atoms with Gasteiger partial charge in [0.2, 0.25) is 0 Å². The number of aromatic nitrogens is 2. The van der Waals surface area contributed by atoms with Gasteiger partial charge in [-0.3, -0.25) is 9.48 Å². The minimum absolute atomic E-state index is 0.161. The number of nitrogens with zero attached hydrogens (tertiary/aromatic N) is 2. The summed E-state index contributed by atoms with van der Waals surface area (Å²) in [5.74, 6) is 2.07. The van der Waals surface area contributed by atoms with Crippen molar-refractivity contribution >= 4 is 11.9 Å². The van der Waals surface area contributed by atoms with Crippen LogP contribution < -0.4 is 0 Å². The van der Waals surface area contributed by atoms with Crippen LogP contribution in [0.2, 0.25) is 0 Å². The molecule has 1 N–H and O–H groups in total. The van der Waals surface area contributed by atoms with Crippen LogP contribution in [0.15, 0.2) is 29.6 Å². The Morgan fingerprint density at radius 1 is 1.21 bits per heavy atom. The Bertz CT molecular complexity index is 896. The largest absolute Gasteiger partial charge is 0.393 e. The number of carbonyl (C=O) groups excluding carboxylic acids is 1. The number of aliphatic hydroxyl groups excluding tert-OH is 1. The summed E-state index contributed by atoms with van der Waals surface area (Å²) >= 11 is 0. The zero-order chi connectivity index (χ0) is 20.4. The summed E-state index contributed by atoms with van der Waals surface area (Å²) in [5, 5.41) is 14.5. The quantitative estimate of drug-likeness (QED) is 0.580. The SMILES string of the molecule is CCn1cc(/C=C2/C[C@@H]3[C@H]4CC=C5C[C@H](O)CC[C@]5(C)[C@@H]4CC[C@@]3(C)C2=O)cn1. The molecule has 1 aromatic heterocycles. The first-order valence-corrected chi connectivity index (χ1v) is 11.5. The van der Waals surface area contributed by atoms with Gasteiger partial charge in [0.05, 0.1) is 12.3 Å². The molecule has 0 bridgehead atoms. The molecule has 1 aromatic rings. The Morgan fingerprint density at radius 3 is 2.76 bits per heavy atom. The molecule has 4 aliphatic rings. The van der Waals surface area contributed by atoms with Crippen LogP contribution in [-0.2, 0) is 11.3 Å². The zero-order valence-electron chi connectivity index (χ0n) is 18.0. The van der Waals surface area contributed by atoms with E-state index in [4.69, 9.17) is 0 Å². The van der Waals surface area contributed by atoms with E-state index in [-0.39, 0.29) is 16.9 Å². The van der Waals surface area contributed by atoms with E-state index in [2.05, 4.69) is 38.0 Å². The second-order valence-electron chi connectivity index (χ2n) is 10.4. The van der Waals surface area contributed by atoms with Crippen LogP contribution in [-0.4, -0.2) is 26.8 Å². The van der Waals surface area contributed by atoms with E-state index in [0.717, 1.165) is 62.6 Å². The van der Waals surface area contributed by atoms with Crippen molar-refractivity contribution in [2.45, 2.75) is 78.4 Å². The van der Waals surface area contributed by atoms with Gasteiger partial charge in [-0.1, -0.05) is 25.5 Å². The first kappa shape index (κ1) is 19.3. The van der Waals surface area contributed by atoms with Gasteiger partial charge in [0.1, 0.15) is 0 Å². The highest BCUT2D eigenvalue weighted by atomic mass is 16.3. The number of hydrogen-bond donors (Lipinski definition) is 1. The number of rotatable bonds is 2. The summed E-state index contributed by atoms with van der Waals surface area (Å²) in [6.07, 6.45) is 15.3. The summed E-state index contributed by atoms with van der Waals surface area (Å²) in [4.78, 5) is 13.5. The number of ketones is 1. The van der Waals surface area contributed by atoms with Crippen LogP contribution in [0.4, 0.5) is 0 Å². The molecular weight excluding hydrogens is 360 g/mol. The lowest BCUT2D eigenvalue weighted by atomic mass is 9.48. The van der Waals surface area contributed by atoms with E-state index < -0.39 is 0 Å². The molecular formula is C25H34N2O2. The third-order valence-electron chi connectivity index (χ3n) is 9.04. The highest BCUT2D eigenvalue weighted by Gasteiger charge is 2.59. The van der Waals surface area contributed by atoms with Gasteiger partial charge in [0, 0.05) is 23.7 Å². The molecule has 4 nitrogen and oxygen atoms in total. The molecule has 0 unspecified atom stereocenters. The number of hydrogen-bond acceptors (Lipinski definition) is 3. The molecule has 0 spiro atoms. The average molecular weight is 395 g/mol. The van der Waals surface area contributed by atoms with E-state index >= 15 is 0 Å².